The summed E-state index contributed by atoms with van der Waals surface area (Å²) >= 11 is 0. The first-order chi connectivity index (χ1) is 13.5. The van der Waals surface area contributed by atoms with Crippen molar-refractivity contribution in [3.8, 4) is 11.5 Å². The second-order valence-electron chi connectivity index (χ2n) is 6.13. The highest BCUT2D eigenvalue weighted by Crippen LogP contribution is 2.25. The number of hydrogen-bond donors (Lipinski definition) is 1. The fraction of sp³-hybridized carbons (Fsp3) is 0.136. The van der Waals surface area contributed by atoms with Gasteiger partial charge >= 0.3 is 0 Å². The lowest BCUT2D eigenvalue weighted by Gasteiger charge is -2.14. The molecule has 0 spiro atoms. The lowest BCUT2D eigenvalue weighted by atomic mass is 10.1. The largest absolute Gasteiger partial charge is 0.496 e. The van der Waals surface area contributed by atoms with E-state index >= 15 is 0 Å². The Kier molecular flexibility index (Phi) is 5.89. The monoisotopic (exact) mass is 383 g/mol. The van der Waals surface area contributed by atoms with Gasteiger partial charge in [0.15, 0.2) is 0 Å². The highest BCUT2D eigenvalue weighted by Gasteiger charge is 2.15. The second kappa shape index (κ2) is 8.52. The van der Waals surface area contributed by atoms with E-state index < -0.39 is 23.2 Å². The van der Waals surface area contributed by atoms with Gasteiger partial charge in [-0.15, -0.1) is 0 Å². The normalized spacial score (nSPS) is 10.4. The fourth-order valence-corrected chi connectivity index (χ4v) is 2.71. The van der Waals surface area contributed by atoms with Gasteiger partial charge < -0.3 is 14.8 Å². The third-order valence-corrected chi connectivity index (χ3v) is 4.22. The Labute approximate surface area is 161 Å². The van der Waals surface area contributed by atoms with E-state index in [1.165, 1.54) is 19.2 Å². The molecule has 0 saturated heterocycles. The minimum atomic E-state index is -0.843. The van der Waals surface area contributed by atoms with Gasteiger partial charge in [0, 0.05) is 11.1 Å². The van der Waals surface area contributed by atoms with E-state index in [9.17, 15) is 13.6 Å². The zero-order valence-electron chi connectivity index (χ0n) is 15.5. The molecule has 1 amide bonds. The van der Waals surface area contributed by atoms with Gasteiger partial charge in [-0.3, -0.25) is 4.79 Å². The minimum absolute atomic E-state index is 0.170. The maximum atomic E-state index is 13.8. The van der Waals surface area contributed by atoms with Crippen LogP contribution in [0.15, 0.2) is 60.7 Å². The van der Waals surface area contributed by atoms with E-state index in [2.05, 4.69) is 5.32 Å². The molecule has 144 valence electrons. The molecule has 0 saturated carbocycles. The van der Waals surface area contributed by atoms with Crippen LogP contribution in [0.1, 0.15) is 21.5 Å². The molecule has 28 heavy (non-hydrogen) atoms. The molecule has 0 aliphatic carbocycles. The highest BCUT2D eigenvalue weighted by molar-refractivity contribution is 6.04. The first-order valence-electron chi connectivity index (χ1n) is 8.60. The van der Waals surface area contributed by atoms with Crippen LogP contribution < -0.4 is 14.8 Å². The topological polar surface area (TPSA) is 47.6 Å². The number of hydrogen-bond acceptors (Lipinski definition) is 3. The molecule has 3 rings (SSSR count). The molecule has 0 aliphatic heterocycles. The number of carbonyl (C=O) groups excluding carboxylic acids is 1. The summed E-state index contributed by atoms with van der Waals surface area (Å²) in [5, 5.41) is 2.27. The molecule has 0 aliphatic rings. The van der Waals surface area contributed by atoms with Gasteiger partial charge in [0.25, 0.3) is 5.91 Å². The lowest BCUT2D eigenvalue weighted by molar-refractivity contribution is 0.102. The molecule has 3 aromatic carbocycles. The van der Waals surface area contributed by atoms with Crippen molar-refractivity contribution in [1.82, 2.24) is 0 Å². The first-order valence-corrected chi connectivity index (χ1v) is 8.60. The Balaban J connectivity index is 1.82. The molecule has 0 bridgehead atoms. The van der Waals surface area contributed by atoms with Gasteiger partial charge in [-0.1, -0.05) is 24.3 Å². The van der Waals surface area contributed by atoms with Crippen LogP contribution >= 0.6 is 0 Å². The maximum Gasteiger partial charge on any atom is 0.255 e. The van der Waals surface area contributed by atoms with Crippen molar-refractivity contribution >= 4 is 11.6 Å². The number of rotatable bonds is 6. The van der Waals surface area contributed by atoms with Crippen molar-refractivity contribution in [1.29, 1.82) is 0 Å². The molecular formula is C22H19F2NO3. The summed E-state index contributed by atoms with van der Waals surface area (Å²) in [5.41, 5.74) is 1.35. The number of anilines is 1. The zero-order valence-corrected chi connectivity index (χ0v) is 15.5. The van der Waals surface area contributed by atoms with E-state index in [1.807, 2.05) is 31.2 Å². The number of carbonyl (C=O) groups is 1. The average Bonchev–Trinajstić information content (AvgIpc) is 2.70. The van der Waals surface area contributed by atoms with Gasteiger partial charge in [0.05, 0.1) is 7.11 Å². The molecule has 3 aromatic rings. The highest BCUT2D eigenvalue weighted by atomic mass is 19.1. The smallest absolute Gasteiger partial charge is 0.255 e. The summed E-state index contributed by atoms with van der Waals surface area (Å²) in [5.74, 6) is -1.06. The molecule has 6 heteroatoms. The Hall–Kier alpha value is -3.41. The van der Waals surface area contributed by atoms with Crippen LogP contribution in [0.2, 0.25) is 0 Å². The van der Waals surface area contributed by atoms with Crippen molar-refractivity contribution < 1.29 is 23.0 Å². The van der Waals surface area contributed by atoms with Crippen LogP contribution in [0.4, 0.5) is 14.5 Å². The predicted octanol–water partition coefficient (Wildman–Crippen LogP) is 5.11. The zero-order chi connectivity index (χ0) is 20.1. The first kappa shape index (κ1) is 19.4. The average molecular weight is 383 g/mol. The van der Waals surface area contributed by atoms with Gasteiger partial charge in [0.1, 0.15) is 35.4 Å². The molecule has 0 atom stereocenters. The Bertz CT molecular complexity index is 985. The summed E-state index contributed by atoms with van der Waals surface area (Å²) < 4.78 is 38.7. The Morgan fingerprint density at radius 2 is 1.68 bits per heavy atom. The summed E-state index contributed by atoms with van der Waals surface area (Å²) in [6.45, 7) is 2.10. The molecule has 1 N–H and O–H groups in total. The molecule has 0 unspecified atom stereocenters. The molecule has 4 nitrogen and oxygen atoms in total. The Morgan fingerprint density at radius 1 is 0.964 bits per heavy atom. The van der Waals surface area contributed by atoms with Crippen LogP contribution in [-0.4, -0.2) is 13.0 Å². The summed E-state index contributed by atoms with van der Waals surface area (Å²) in [6, 6.07) is 15.6. The van der Waals surface area contributed by atoms with E-state index in [0.717, 1.165) is 17.7 Å². The Morgan fingerprint density at radius 3 is 2.36 bits per heavy atom. The van der Waals surface area contributed by atoms with E-state index in [4.69, 9.17) is 9.47 Å². The quantitative estimate of drug-likeness (QED) is 0.643. The molecule has 0 radical (unpaired) electrons. The van der Waals surface area contributed by atoms with E-state index in [0.29, 0.717) is 17.1 Å². The van der Waals surface area contributed by atoms with Crippen LogP contribution in [0.5, 0.6) is 11.5 Å². The van der Waals surface area contributed by atoms with Gasteiger partial charge in [0.2, 0.25) is 0 Å². The SMILES string of the molecule is COc1ccc(C(=O)Nc2c(F)cccc2F)cc1COc1ccccc1C. The number of nitrogens with one attached hydrogen (secondary N) is 1. The lowest BCUT2D eigenvalue weighted by Crippen LogP contribution is -2.15. The number of amides is 1. The van der Waals surface area contributed by atoms with Crippen molar-refractivity contribution in [3.05, 3.63) is 89.0 Å². The number of ether oxygens (including phenoxy) is 2. The van der Waals surface area contributed by atoms with E-state index in [1.54, 1.807) is 12.1 Å². The second-order valence-corrected chi connectivity index (χ2v) is 6.13. The van der Waals surface area contributed by atoms with Crippen LogP contribution in [0, 0.1) is 18.6 Å². The number of halogens is 2. The number of methoxy groups -OCH3 is 1. The summed E-state index contributed by atoms with van der Waals surface area (Å²) in [6.07, 6.45) is 0. The van der Waals surface area contributed by atoms with Crippen molar-refractivity contribution in [2.24, 2.45) is 0 Å². The molecule has 0 aromatic heterocycles. The van der Waals surface area contributed by atoms with Crippen LogP contribution in [0.3, 0.4) is 0 Å². The van der Waals surface area contributed by atoms with Crippen LogP contribution in [0.25, 0.3) is 0 Å². The molecule has 0 fully saturated rings. The number of para-hydroxylation sites is 2. The van der Waals surface area contributed by atoms with Crippen molar-refractivity contribution in [3.63, 3.8) is 0 Å². The molecule has 0 heterocycles. The standard InChI is InChI=1S/C22H19F2NO3/c1-14-6-3-4-9-19(14)28-13-16-12-15(10-11-20(16)27-2)22(26)25-21-17(23)7-5-8-18(21)24/h3-12H,13H2,1-2H3,(H,25,26). The van der Waals surface area contributed by atoms with Gasteiger partial charge in [-0.05, 0) is 48.9 Å². The van der Waals surface area contributed by atoms with Crippen molar-refractivity contribution in [2.75, 3.05) is 12.4 Å². The molecular weight excluding hydrogens is 364 g/mol. The number of benzene rings is 3. The third-order valence-electron chi connectivity index (χ3n) is 4.22. The van der Waals surface area contributed by atoms with E-state index in [-0.39, 0.29) is 12.2 Å². The maximum absolute atomic E-state index is 13.8. The fourth-order valence-electron chi connectivity index (χ4n) is 2.71. The summed E-state index contributed by atoms with van der Waals surface area (Å²) in [7, 11) is 1.51. The predicted molar refractivity (Wildman–Crippen MR) is 103 cm³/mol. The van der Waals surface area contributed by atoms with Crippen molar-refractivity contribution in [2.45, 2.75) is 13.5 Å². The van der Waals surface area contributed by atoms with Gasteiger partial charge in [-0.25, -0.2) is 8.78 Å². The number of aryl methyl sites for hydroxylation is 1. The van der Waals surface area contributed by atoms with Crippen LogP contribution in [-0.2, 0) is 6.61 Å². The summed E-state index contributed by atoms with van der Waals surface area (Å²) in [4.78, 5) is 12.5. The van der Waals surface area contributed by atoms with Gasteiger partial charge in [-0.2, -0.15) is 0 Å². The minimum Gasteiger partial charge on any atom is -0.496 e. The third kappa shape index (κ3) is 4.28.